The molecule has 232 valence electrons. The molecule has 2 aliphatic carbocycles. The molecular weight excluding hydrogens is 548 g/mol. The number of hydrogen-bond donors (Lipinski definition) is 0. The van der Waals surface area contributed by atoms with Crippen LogP contribution >= 0.6 is 0 Å². The molecule has 1 heterocycles. The Morgan fingerprint density at radius 3 is 1.49 bits per heavy atom. The second-order valence-corrected chi connectivity index (χ2v) is 16.3. The van der Waals surface area contributed by atoms with Crippen LogP contribution in [0.15, 0.2) is 66.7 Å². The summed E-state index contributed by atoms with van der Waals surface area (Å²) in [6.07, 6.45) is 6.20. The third-order valence-corrected chi connectivity index (χ3v) is 10.2. The summed E-state index contributed by atoms with van der Waals surface area (Å²) in [5.41, 5.74) is 7.53. The second kappa shape index (κ2) is 11.5. The van der Waals surface area contributed by atoms with E-state index in [0.29, 0.717) is 34.9 Å². The standard InChI is InChI=1S/C41H48N4/c1-26-17-28-18-27(2)23-41(22-26,24-28)35-20-29(25-42)19-32(21-35)38-44-36(30-9-13-33(14-10-30)39(3,4)5)43-37(45-38)31-11-15-34(16-12-31)40(6,7)8/h9-16,19-21,26-28H,17-18,22-24H2,1-8H3/t26-,27+,28?,41?. The lowest BCUT2D eigenvalue weighted by Gasteiger charge is -2.50. The van der Waals surface area contributed by atoms with Crippen LogP contribution in [-0.2, 0) is 16.2 Å². The van der Waals surface area contributed by atoms with E-state index in [4.69, 9.17) is 15.0 Å². The van der Waals surface area contributed by atoms with E-state index >= 15 is 0 Å². The minimum Gasteiger partial charge on any atom is -0.208 e. The van der Waals surface area contributed by atoms with E-state index in [1.807, 2.05) is 6.07 Å². The first-order valence-electron chi connectivity index (χ1n) is 16.8. The fraction of sp³-hybridized carbons (Fsp3) is 0.463. The molecule has 6 rings (SSSR count). The van der Waals surface area contributed by atoms with Crippen molar-refractivity contribution >= 4 is 0 Å². The van der Waals surface area contributed by atoms with Crippen LogP contribution in [0.5, 0.6) is 0 Å². The molecular formula is C41H48N4. The summed E-state index contributed by atoms with van der Waals surface area (Å²) in [5.74, 6) is 4.05. The van der Waals surface area contributed by atoms with Gasteiger partial charge in [-0.15, -0.1) is 0 Å². The van der Waals surface area contributed by atoms with Gasteiger partial charge in [-0.3, -0.25) is 0 Å². The number of fused-ring (bicyclic) bond motifs is 2. The van der Waals surface area contributed by atoms with Gasteiger partial charge in [0.1, 0.15) is 0 Å². The van der Waals surface area contributed by atoms with Crippen molar-refractivity contribution in [2.45, 2.75) is 104 Å². The molecule has 2 aliphatic rings. The molecule has 2 fully saturated rings. The Balaban J connectivity index is 1.50. The zero-order chi connectivity index (χ0) is 32.1. The first-order valence-corrected chi connectivity index (χ1v) is 16.8. The average Bonchev–Trinajstić information content (AvgIpc) is 2.99. The molecule has 45 heavy (non-hydrogen) atoms. The molecule has 0 aliphatic heterocycles. The van der Waals surface area contributed by atoms with Crippen molar-refractivity contribution in [1.29, 1.82) is 5.26 Å². The van der Waals surface area contributed by atoms with Crippen LogP contribution in [0.25, 0.3) is 34.2 Å². The maximum Gasteiger partial charge on any atom is 0.164 e. The molecule has 1 aromatic heterocycles. The zero-order valence-corrected chi connectivity index (χ0v) is 28.4. The van der Waals surface area contributed by atoms with Gasteiger partial charge in [-0.2, -0.15) is 5.26 Å². The smallest absolute Gasteiger partial charge is 0.164 e. The van der Waals surface area contributed by atoms with Gasteiger partial charge in [-0.1, -0.05) is 104 Å². The van der Waals surface area contributed by atoms with Crippen molar-refractivity contribution in [3.05, 3.63) is 89.0 Å². The lowest BCUT2D eigenvalue weighted by molar-refractivity contribution is 0.0780. The highest BCUT2D eigenvalue weighted by Crippen LogP contribution is 2.54. The molecule has 0 radical (unpaired) electrons. The quantitative estimate of drug-likeness (QED) is 0.235. The van der Waals surface area contributed by atoms with Gasteiger partial charge in [0.05, 0.1) is 11.6 Å². The topological polar surface area (TPSA) is 62.5 Å². The molecule has 2 bridgehead atoms. The minimum atomic E-state index is 0.0581. The van der Waals surface area contributed by atoms with Crippen molar-refractivity contribution in [3.8, 4) is 40.2 Å². The van der Waals surface area contributed by atoms with E-state index in [1.54, 1.807) is 0 Å². The van der Waals surface area contributed by atoms with E-state index in [9.17, 15) is 5.26 Å². The molecule has 0 saturated heterocycles. The van der Waals surface area contributed by atoms with Crippen LogP contribution < -0.4 is 0 Å². The van der Waals surface area contributed by atoms with Crippen LogP contribution in [0.1, 0.15) is 110 Å². The summed E-state index contributed by atoms with van der Waals surface area (Å²) >= 11 is 0. The Bertz CT molecular complexity index is 1630. The number of hydrogen-bond acceptors (Lipinski definition) is 4. The molecule has 2 saturated carbocycles. The molecule has 0 amide bonds. The molecule has 0 spiro atoms. The van der Waals surface area contributed by atoms with Gasteiger partial charge < -0.3 is 0 Å². The van der Waals surface area contributed by atoms with Crippen LogP contribution in [0.3, 0.4) is 0 Å². The van der Waals surface area contributed by atoms with Crippen LogP contribution in [0.2, 0.25) is 0 Å². The molecule has 0 N–H and O–H groups in total. The van der Waals surface area contributed by atoms with E-state index in [2.05, 4.69) is 122 Å². The Labute approximate surface area is 270 Å². The predicted octanol–water partition coefficient (Wildman–Crippen LogP) is 10.4. The fourth-order valence-corrected chi connectivity index (χ4v) is 8.19. The molecule has 4 atom stereocenters. The highest BCUT2D eigenvalue weighted by Gasteiger charge is 2.45. The van der Waals surface area contributed by atoms with Crippen LogP contribution in [0.4, 0.5) is 0 Å². The predicted molar refractivity (Wildman–Crippen MR) is 185 cm³/mol. The van der Waals surface area contributed by atoms with Crippen LogP contribution in [0, 0.1) is 29.1 Å². The van der Waals surface area contributed by atoms with Gasteiger partial charge in [0, 0.05) is 16.7 Å². The van der Waals surface area contributed by atoms with Crippen molar-refractivity contribution in [2.75, 3.05) is 0 Å². The Kier molecular flexibility index (Phi) is 7.97. The molecule has 2 unspecified atom stereocenters. The minimum absolute atomic E-state index is 0.0581. The molecule has 3 aromatic carbocycles. The maximum absolute atomic E-state index is 10.2. The molecule has 4 aromatic rings. The van der Waals surface area contributed by atoms with Gasteiger partial charge in [0.15, 0.2) is 17.5 Å². The highest BCUT2D eigenvalue weighted by atomic mass is 15.0. The summed E-state index contributed by atoms with van der Waals surface area (Å²) in [6, 6.07) is 26.1. The van der Waals surface area contributed by atoms with Gasteiger partial charge in [-0.05, 0) is 101 Å². The van der Waals surface area contributed by atoms with Crippen molar-refractivity contribution in [1.82, 2.24) is 15.0 Å². The number of aromatic nitrogens is 3. The van der Waals surface area contributed by atoms with Crippen LogP contribution in [-0.4, -0.2) is 15.0 Å². The SMILES string of the molecule is C[C@@H]1CC2C[C@H](C)CC(c3cc(C#N)cc(-c4nc(-c5ccc(C(C)(C)C)cc5)nc(-c5ccc(C(C)(C)C)cc5)n4)c3)(C2)C1. The van der Waals surface area contributed by atoms with Gasteiger partial charge in [0.2, 0.25) is 0 Å². The number of rotatable bonds is 4. The summed E-state index contributed by atoms with van der Waals surface area (Å²) in [6.45, 7) is 18.2. The zero-order valence-electron chi connectivity index (χ0n) is 28.4. The third-order valence-electron chi connectivity index (χ3n) is 10.2. The Hall–Kier alpha value is -3.84. The fourth-order valence-electron chi connectivity index (χ4n) is 8.19. The van der Waals surface area contributed by atoms with E-state index in [-0.39, 0.29) is 16.2 Å². The normalized spacial score (nSPS) is 23.4. The van der Waals surface area contributed by atoms with Crippen molar-refractivity contribution in [2.24, 2.45) is 17.8 Å². The first-order chi connectivity index (χ1) is 21.2. The summed E-state index contributed by atoms with van der Waals surface area (Å²) < 4.78 is 0. The first kappa shape index (κ1) is 31.2. The van der Waals surface area contributed by atoms with Gasteiger partial charge >= 0.3 is 0 Å². The average molecular weight is 597 g/mol. The van der Waals surface area contributed by atoms with Crippen molar-refractivity contribution < 1.29 is 0 Å². The maximum atomic E-state index is 10.2. The van der Waals surface area contributed by atoms with Crippen molar-refractivity contribution in [3.63, 3.8) is 0 Å². The number of nitriles is 1. The second-order valence-electron chi connectivity index (χ2n) is 16.3. The lowest BCUT2D eigenvalue weighted by atomic mass is 9.54. The largest absolute Gasteiger partial charge is 0.208 e. The summed E-state index contributed by atoms with van der Waals surface area (Å²) in [7, 11) is 0. The number of benzene rings is 3. The monoisotopic (exact) mass is 596 g/mol. The lowest BCUT2D eigenvalue weighted by Crippen LogP contribution is -2.42. The summed E-state index contributed by atoms with van der Waals surface area (Å²) in [5, 5.41) is 10.2. The van der Waals surface area contributed by atoms with Gasteiger partial charge in [0.25, 0.3) is 0 Å². The highest BCUT2D eigenvalue weighted by molar-refractivity contribution is 5.68. The molecule has 4 heteroatoms. The number of nitrogens with zero attached hydrogens (tertiary/aromatic N) is 4. The van der Waals surface area contributed by atoms with E-state index in [0.717, 1.165) is 22.6 Å². The van der Waals surface area contributed by atoms with E-state index in [1.165, 1.54) is 48.8 Å². The Morgan fingerprint density at radius 2 is 1.07 bits per heavy atom. The van der Waals surface area contributed by atoms with E-state index < -0.39 is 0 Å². The summed E-state index contributed by atoms with van der Waals surface area (Å²) in [4.78, 5) is 15.2. The molecule has 4 nitrogen and oxygen atoms in total. The Morgan fingerprint density at radius 1 is 0.622 bits per heavy atom. The third kappa shape index (κ3) is 6.46. The van der Waals surface area contributed by atoms with Gasteiger partial charge in [-0.25, -0.2) is 15.0 Å².